The Balaban J connectivity index is 1.55. The van der Waals surface area contributed by atoms with Crippen molar-refractivity contribution in [3.05, 3.63) is 57.5 Å². The molecule has 1 aliphatic rings. The molecular formula is C24H29N3O5. The standard InChI is InChI=1S/C24H29N3O5/c1-4-30-21(28)7-6-19-16(2)20-12-18-13-27(10-5-9-26-11-8-25-14-26)15-31-22(18)17(3)23(20)32-24(19)29/h8,11-12,14H,4-7,9-10,13,15H2,1-3H3. The molecule has 0 amide bonds. The highest BCUT2D eigenvalue weighted by molar-refractivity contribution is 5.87. The molecule has 0 saturated carbocycles. The molecule has 0 saturated heterocycles. The van der Waals surface area contributed by atoms with Crippen LogP contribution in [0, 0.1) is 13.8 Å². The Bertz CT molecular complexity index is 1170. The van der Waals surface area contributed by atoms with Crippen molar-refractivity contribution in [2.45, 2.75) is 53.1 Å². The average molecular weight is 440 g/mol. The van der Waals surface area contributed by atoms with Crippen LogP contribution >= 0.6 is 0 Å². The third kappa shape index (κ3) is 4.55. The maximum Gasteiger partial charge on any atom is 0.339 e. The van der Waals surface area contributed by atoms with E-state index >= 15 is 0 Å². The Morgan fingerprint density at radius 1 is 1.25 bits per heavy atom. The van der Waals surface area contributed by atoms with Gasteiger partial charge in [-0.15, -0.1) is 0 Å². The highest BCUT2D eigenvalue weighted by atomic mass is 16.5. The van der Waals surface area contributed by atoms with Crippen molar-refractivity contribution in [1.29, 1.82) is 0 Å². The molecule has 4 rings (SSSR count). The number of carbonyl (C=O) groups is 1. The molecule has 0 unspecified atom stereocenters. The summed E-state index contributed by atoms with van der Waals surface area (Å²) in [6.45, 7) is 9.03. The van der Waals surface area contributed by atoms with Crippen LogP contribution in [-0.2, 0) is 29.0 Å². The molecule has 32 heavy (non-hydrogen) atoms. The molecule has 0 aliphatic carbocycles. The van der Waals surface area contributed by atoms with E-state index in [9.17, 15) is 9.59 Å². The summed E-state index contributed by atoms with van der Waals surface area (Å²) >= 11 is 0. The van der Waals surface area contributed by atoms with Crippen LogP contribution in [0.3, 0.4) is 0 Å². The van der Waals surface area contributed by atoms with Gasteiger partial charge >= 0.3 is 11.6 Å². The van der Waals surface area contributed by atoms with Gasteiger partial charge in [-0.25, -0.2) is 9.78 Å². The van der Waals surface area contributed by atoms with Crippen molar-refractivity contribution >= 4 is 16.9 Å². The number of nitrogens with zero attached hydrogens (tertiary/aromatic N) is 3. The Hall–Kier alpha value is -3.13. The molecule has 8 heteroatoms. The lowest BCUT2D eigenvalue weighted by Crippen LogP contribution is -2.33. The first-order chi connectivity index (χ1) is 15.5. The van der Waals surface area contributed by atoms with Gasteiger partial charge in [0.25, 0.3) is 0 Å². The molecule has 0 N–H and O–H groups in total. The molecule has 3 heterocycles. The molecule has 170 valence electrons. The topological polar surface area (TPSA) is 86.8 Å². The summed E-state index contributed by atoms with van der Waals surface area (Å²) in [5.41, 5.74) is 3.45. The molecule has 3 aromatic rings. The van der Waals surface area contributed by atoms with Crippen molar-refractivity contribution in [3.63, 3.8) is 0 Å². The van der Waals surface area contributed by atoms with Crippen LogP contribution in [0.1, 0.15) is 42.0 Å². The second-order valence-electron chi connectivity index (χ2n) is 8.14. The van der Waals surface area contributed by atoms with E-state index in [-0.39, 0.29) is 12.4 Å². The first kappa shape index (κ1) is 22.1. The van der Waals surface area contributed by atoms with E-state index in [2.05, 4.69) is 20.5 Å². The predicted octanol–water partition coefficient (Wildman–Crippen LogP) is 3.34. The lowest BCUT2D eigenvalue weighted by molar-refractivity contribution is -0.143. The maximum atomic E-state index is 12.6. The van der Waals surface area contributed by atoms with Gasteiger partial charge in [-0.05, 0) is 45.2 Å². The Morgan fingerprint density at radius 3 is 2.84 bits per heavy atom. The molecule has 1 aromatic carbocycles. The zero-order chi connectivity index (χ0) is 22.7. The number of aromatic nitrogens is 2. The molecule has 0 bridgehead atoms. The quantitative estimate of drug-likeness (QED) is 0.393. The van der Waals surface area contributed by atoms with Gasteiger partial charge in [0, 0.05) is 60.5 Å². The Kier molecular flexibility index (Phi) is 6.60. The van der Waals surface area contributed by atoms with Crippen LogP contribution in [0.2, 0.25) is 0 Å². The predicted molar refractivity (Wildman–Crippen MR) is 120 cm³/mol. The SMILES string of the molecule is CCOC(=O)CCc1c(C)c2cc3c(c(C)c2oc1=O)OCN(CCCn1ccnc1)C3. The van der Waals surface area contributed by atoms with Crippen LogP contribution in [0.15, 0.2) is 34.0 Å². The fraction of sp³-hybridized carbons (Fsp3) is 0.458. The number of aryl methyl sites for hydroxylation is 3. The van der Waals surface area contributed by atoms with Crippen molar-refractivity contribution in [2.24, 2.45) is 0 Å². The van der Waals surface area contributed by atoms with E-state index in [1.54, 1.807) is 13.1 Å². The smallest absolute Gasteiger partial charge is 0.339 e. The first-order valence-corrected chi connectivity index (χ1v) is 11.0. The lowest BCUT2D eigenvalue weighted by Gasteiger charge is -2.30. The van der Waals surface area contributed by atoms with Crippen LogP contribution in [0.5, 0.6) is 5.75 Å². The van der Waals surface area contributed by atoms with Gasteiger partial charge in [0.05, 0.1) is 12.9 Å². The van der Waals surface area contributed by atoms with Gasteiger partial charge in [0.15, 0.2) is 0 Å². The molecule has 2 aromatic heterocycles. The third-order valence-corrected chi connectivity index (χ3v) is 5.95. The van der Waals surface area contributed by atoms with Gasteiger partial charge in [-0.2, -0.15) is 0 Å². The number of imidazole rings is 1. The average Bonchev–Trinajstić information content (AvgIpc) is 3.28. The van der Waals surface area contributed by atoms with E-state index in [0.717, 1.165) is 53.9 Å². The number of fused-ring (bicyclic) bond motifs is 2. The minimum absolute atomic E-state index is 0.155. The van der Waals surface area contributed by atoms with Gasteiger partial charge in [-0.3, -0.25) is 9.69 Å². The largest absolute Gasteiger partial charge is 0.477 e. The number of benzene rings is 1. The Morgan fingerprint density at radius 2 is 2.09 bits per heavy atom. The van der Waals surface area contributed by atoms with Gasteiger partial charge in [0.2, 0.25) is 0 Å². The summed E-state index contributed by atoms with van der Waals surface area (Å²) in [4.78, 5) is 30.7. The van der Waals surface area contributed by atoms with E-state index in [1.807, 2.05) is 26.4 Å². The molecule has 1 aliphatic heterocycles. The molecule has 0 spiro atoms. The van der Waals surface area contributed by atoms with Crippen LogP contribution < -0.4 is 10.4 Å². The van der Waals surface area contributed by atoms with E-state index in [1.165, 1.54) is 0 Å². The number of hydrogen-bond donors (Lipinski definition) is 0. The van der Waals surface area contributed by atoms with Crippen LogP contribution in [-0.4, -0.2) is 40.3 Å². The van der Waals surface area contributed by atoms with Gasteiger partial charge in [0.1, 0.15) is 18.1 Å². The van der Waals surface area contributed by atoms with E-state index < -0.39 is 5.63 Å². The number of carbonyl (C=O) groups excluding carboxylic acids is 1. The molecule has 0 radical (unpaired) electrons. The van der Waals surface area contributed by atoms with E-state index in [0.29, 0.717) is 30.9 Å². The third-order valence-electron chi connectivity index (χ3n) is 5.95. The van der Waals surface area contributed by atoms with Crippen LogP contribution in [0.4, 0.5) is 0 Å². The second-order valence-corrected chi connectivity index (χ2v) is 8.14. The van der Waals surface area contributed by atoms with Crippen molar-refractivity contribution in [1.82, 2.24) is 14.5 Å². The fourth-order valence-corrected chi connectivity index (χ4v) is 4.28. The summed E-state index contributed by atoms with van der Waals surface area (Å²) in [5.74, 6) is 0.484. The van der Waals surface area contributed by atoms with Crippen molar-refractivity contribution in [2.75, 3.05) is 19.9 Å². The van der Waals surface area contributed by atoms with Crippen molar-refractivity contribution < 1.29 is 18.7 Å². The summed E-state index contributed by atoms with van der Waals surface area (Å²) in [6.07, 6.45) is 7.03. The molecule has 0 atom stereocenters. The maximum absolute atomic E-state index is 12.6. The lowest BCUT2D eigenvalue weighted by atomic mass is 9.97. The second kappa shape index (κ2) is 9.56. The number of hydrogen-bond acceptors (Lipinski definition) is 7. The highest BCUT2D eigenvalue weighted by Crippen LogP contribution is 2.36. The van der Waals surface area contributed by atoms with E-state index in [4.69, 9.17) is 13.9 Å². The summed E-state index contributed by atoms with van der Waals surface area (Å²) in [6, 6.07) is 2.06. The summed E-state index contributed by atoms with van der Waals surface area (Å²) < 4.78 is 18.8. The molecule has 8 nitrogen and oxygen atoms in total. The van der Waals surface area contributed by atoms with Gasteiger partial charge < -0.3 is 18.5 Å². The normalized spacial score (nSPS) is 13.7. The monoisotopic (exact) mass is 439 g/mol. The van der Waals surface area contributed by atoms with Crippen LogP contribution in [0.25, 0.3) is 11.0 Å². The minimum atomic E-state index is -0.403. The summed E-state index contributed by atoms with van der Waals surface area (Å²) in [5, 5.41) is 0.892. The molecular weight excluding hydrogens is 410 g/mol. The number of ether oxygens (including phenoxy) is 2. The minimum Gasteiger partial charge on any atom is -0.477 e. The Labute approximate surface area is 186 Å². The number of rotatable bonds is 8. The fourth-order valence-electron chi connectivity index (χ4n) is 4.28. The zero-order valence-corrected chi connectivity index (χ0v) is 18.8. The van der Waals surface area contributed by atoms with Crippen molar-refractivity contribution in [3.8, 4) is 5.75 Å². The first-order valence-electron chi connectivity index (χ1n) is 11.0. The molecule has 0 fully saturated rings. The summed E-state index contributed by atoms with van der Waals surface area (Å²) in [7, 11) is 0. The number of esters is 1. The highest BCUT2D eigenvalue weighted by Gasteiger charge is 2.24. The zero-order valence-electron chi connectivity index (χ0n) is 18.8. The van der Waals surface area contributed by atoms with Gasteiger partial charge in [-0.1, -0.05) is 0 Å².